The standard InChI is InChI=1S/C20H12ClNO3S/c21-16-5-8-18(9-6-16)26-19-10-7-17(25-19)11-15(12-22)13-1-3-14(4-2-13)20(23)24/h1-11H,(H,23,24)/b15-11+. The molecule has 0 saturated heterocycles. The van der Waals surface area contributed by atoms with Gasteiger partial charge in [-0.2, -0.15) is 5.26 Å². The first-order valence-corrected chi connectivity index (χ1v) is 8.73. The van der Waals surface area contributed by atoms with Crippen LogP contribution in [0.15, 0.2) is 75.1 Å². The number of nitriles is 1. The van der Waals surface area contributed by atoms with Crippen LogP contribution in [-0.2, 0) is 0 Å². The van der Waals surface area contributed by atoms with E-state index in [0.717, 1.165) is 4.90 Å². The lowest BCUT2D eigenvalue weighted by atomic mass is 10.0. The maximum absolute atomic E-state index is 10.9. The van der Waals surface area contributed by atoms with Gasteiger partial charge in [0.15, 0.2) is 5.09 Å². The zero-order chi connectivity index (χ0) is 18.5. The molecule has 0 spiro atoms. The van der Waals surface area contributed by atoms with Gasteiger partial charge in [0.2, 0.25) is 0 Å². The van der Waals surface area contributed by atoms with Crippen molar-refractivity contribution in [3.05, 3.63) is 82.6 Å². The third-order valence-corrected chi connectivity index (χ3v) is 4.66. The highest BCUT2D eigenvalue weighted by Crippen LogP contribution is 2.31. The Balaban J connectivity index is 1.79. The van der Waals surface area contributed by atoms with Crippen LogP contribution in [-0.4, -0.2) is 11.1 Å². The van der Waals surface area contributed by atoms with Gasteiger partial charge < -0.3 is 9.52 Å². The number of furan rings is 1. The van der Waals surface area contributed by atoms with Crippen LogP contribution in [0.1, 0.15) is 21.7 Å². The van der Waals surface area contributed by atoms with Crippen molar-refractivity contribution in [1.29, 1.82) is 5.26 Å². The zero-order valence-corrected chi connectivity index (χ0v) is 14.9. The van der Waals surface area contributed by atoms with Crippen LogP contribution in [0.25, 0.3) is 11.6 Å². The van der Waals surface area contributed by atoms with E-state index in [4.69, 9.17) is 21.1 Å². The van der Waals surface area contributed by atoms with Crippen molar-refractivity contribution in [2.75, 3.05) is 0 Å². The van der Waals surface area contributed by atoms with Crippen molar-refractivity contribution in [3.8, 4) is 6.07 Å². The molecule has 26 heavy (non-hydrogen) atoms. The third kappa shape index (κ3) is 4.37. The van der Waals surface area contributed by atoms with Gasteiger partial charge in [-0.3, -0.25) is 0 Å². The van der Waals surface area contributed by atoms with Gasteiger partial charge in [-0.1, -0.05) is 35.5 Å². The molecule has 128 valence electrons. The normalized spacial score (nSPS) is 11.2. The van der Waals surface area contributed by atoms with Crippen molar-refractivity contribution in [1.82, 2.24) is 0 Å². The van der Waals surface area contributed by atoms with Crippen LogP contribution < -0.4 is 0 Å². The van der Waals surface area contributed by atoms with Crippen LogP contribution in [0, 0.1) is 11.3 Å². The Kier molecular flexibility index (Phi) is 5.47. The van der Waals surface area contributed by atoms with Gasteiger partial charge in [-0.25, -0.2) is 4.79 Å². The van der Waals surface area contributed by atoms with Gasteiger partial charge in [0.05, 0.1) is 17.2 Å². The summed E-state index contributed by atoms with van der Waals surface area (Å²) >= 11 is 7.32. The summed E-state index contributed by atoms with van der Waals surface area (Å²) < 4.78 is 5.74. The van der Waals surface area contributed by atoms with E-state index >= 15 is 0 Å². The number of hydrogen-bond donors (Lipinski definition) is 1. The van der Waals surface area contributed by atoms with Gasteiger partial charge in [-0.05, 0) is 60.2 Å². The topological polar surface area (TPSA) is 74.2 Å². The van der Waals surface area contributed by atoms with E-state index in [1.165, 1.54) is 23.9 Å². The molecule has 0 saturated carbocycles. The smallest absolute Gasteiger partial charge is 0.335 e. The van der Waals surface area contributed by atoms with Gasteiger partial charge in [0.1, 0.15) is 5.76 Å². The van der Waals surface area contributed by atoms with Crippen LogP contribution in [0.2, 0.25) is 5.02 Å². The molecule has 1 aromatic heterocycles. The quantitative estimate of drug-likeness (QED) is 0.561. The highest BCUT2D eigenvalue weighted by atomic mass is 35.5. The molecule has 3 aromatic rings. The van der Waals surface area contributed by atoms with Gasteiger partial charge >= 0.3 is 5.97 Å². The van der Waals surface area contributed by atoms with Gasteiger partial charge in [0.25, 0.3) is 0 Å². The Bertz CT molecular complexity index is 999. The minimum absolute atomic E-state index is 0.172. The zero-order valence-electron chi connectivity index (χ0n) is 13.3. The molecule has 6 heteroatoms. The summed E-state index contributed by atoms with van der Waals surface area (Å²) in [5, 5.41) is 19.7. The van der Waals surface area contributed by atoms with Gasteiger partial charge in [0, 0.05) is 9.92 Å². The summed E-state index contributed by atoms with van der Waals surface area (Å²) in [6.07, 6.45) is 1.63. The fourth-order valence-electron chi connectivity index (χ4n) is 2.20. The number of carbonyl (C=O) groups is 1. The average Bonchev–Trinajstić information content (AvgIpc) is 3.09. The minimum atomic E-state index is -1.01. The Hall–Kier alpha value is -2.94. The Morgan fingerprint density at radius 1 is 1.04 bits per heavy atom. The van der Waals surface area contributed by atoms with E-state index < -0.39 is 5.97 Å². The third-order valence-electron chi connectivity index (χ3n) is 3.48. The molecular formula is C20H12ClNO3S. The molecule has 0 radical (unpaired) electrons. The minimum Gasteiger partial charge on any atom is -0.478 e. The molecule has 0 fully saturated rings. The average molecular weight is 382 g/mol. The fourth-order valence-corrected chi connectivity index (χ4v) is 3.10. The predicted molar refractivity (Wildman–Crippen MR) is 101 cm³/mol. The molecule has 0 aliphatic carbocycles. The van der Waals surface area contributed by atoms with Crippen molar-refractivity contribution >= 4 is 41.0 Å². The largest absolute Gasteiger partial charge is 0.478 e. The Morgan fingerprint density at radius 3 is 2.31 bits per heavy atom. The summed E-state index contributed by atoms with van der Waals surface area (Å²) in [7, 11) is 0. The first kappa shape index (κ1) is 17.9. The summed E-state index contributed by atoms with van der Waals surface area (Å²) in [5.41, 5.74) is 1.19. The number of allylic oxidation sites excluding steroid dienone is 1. The summed E-state index contributed by atoms with van der Waals surface area (Å²) in [5.74, 6) is -0.464. The summed E-state index contributed by atoms with van der Waals surface area (Å²) in [6, 6.07) is 19.3. The molecule has 1 N–H and O–H groups in total. The Morgan fingerprint density at radius 2 is 1.69 bits per heavy atom. The SMILES string of the molecule is N#C/C(=C\c1ccc(Sc2ccc(Cl)cc2)o1)c1ccc(C(=O)O)cc1. The van der Waals surface area contributed by atoms with E-state index in [1.807, 2.05) is 30.3 Å². The number of hydrogen-bond acceptors (Lipinski definition) is 4. The van der Waals surface area contributed by atoms with Gasteiger partial charge in [-0.15, -0.1) is 0 Å². The number of halogens is 1. The highest BCUT2D eigenvalue weighted by molar-refractivity contribution is 7.99. The van der Waals surface area contributed by atoms with E-state index in [-0.39, 0.29) is 5.56 Å². The number of nitrogens with zero attached hydrogens (tertiary/aromatic N) is 1. The van der Waals surface area contributed by atoms with Crippen LogP contribution >= 0.6 is 23.4 Å². The second-order valence-corrected chi connectivity index (χ2v) is 6.78. The molecule has 2 aromatic carbocycles. The van der Waals surface area contributed by atoms with Crippen LogP contribution in [0.3, 0.4) is 0 Å². The van der Waals surface area contributed by atoms with E-state index in [9.17, 15) is 10.1 Å². The number of carboxylic acid groups (broad SMARTS) is 1. The first-order valence-electron chi connectivity index (χ1n) is 7.54. The van der Waals surface area contributed by atoms with Crippen molar-refractivity contribution in [2.24, 2.45) is 0 Å². The maximum Gasteiger partial charge on any atom is 0.335 e. The molecule has 0 unspecified atom stereocenters. The highest BCUT2D eigenvalue weighted by Gasteiger charge is 2.08. The first-order chi connectivity index (χ1) is 12.5. The summed E-state index contributed by atoms with van der Waals surface area (Å²) in [4.78, 5) is 11.9. The second kappa shape index (κ2) is 7.96. The summed E-state index contributed by atoms with van der Waals surface area (Å²) in [6.45, 7) is 0. The lowest BCUT2D eigenvalue weighted by Crippen LogP contribution is -1.95. The molecule has 4 nitrogen and oxygen atoms in total. The van der Waals surface area contributed by atoms with Crippen molar-refractivity contribution in [2.45, 2.75) is 9.99 Å². The van der Waals surface area contributed by atoms with E-state index in [0.29, 0.717) is 27.0 Å². The predicted octanol–water partition coefficient (Wildman–Crippen LogP) is 5.85. The molecule has 0 aliphatic rings. The molecular weight excluding hydrogens is 370 g/mol. The number of benzene rings is 2. The van der Waals surface area contributed by atoms with E-state index in [2.05, 4.69) is 6.07 Å². The number of aromatic carboxylic acids is 1. The van der Waals surface area contributed by atoms with Crippen LogP contribution in [0.5, 0.6) is 0 Å². The molecule has 0 aliphatic heterocycles. The van der Waals surface area contributed by atoms with Crippen molar-refractivity contribution in [3.63, 3.8) is 0 Å². The Labute approximate surface area is 159 Å². The molecule has 0 amide bonds. The molecule has 0 atom stereocenters. The lowest BCUT2D eigenvalue weighted by molar-refractivity contribution is 0.0697. The van der Waals surface area contributed by atoms with E-state index in [1.54, 1.807) is 24.3 Å². The second-order valence-electron chi connectivity index (χ2n) is 5.27. The molecule has 3 rings (SSSR count). The molecule has 0 bridgehead atoms. The fraction of sp³-hybridized carbons (Fsp3) is 0. The lowest BCUT2D eigenvalue weighted by Gasteiger charge is -2.00. The number of carboxylic acids is 1. The van der Waals surface area contributed by atoms with Crippen LogP contribution in [0.4, 0.5) is 0 Å². The molecule has 1 heterocycles. The maximum atomic E-state index is 10.9. The van der Waals surface area contributed by atoms with Crippen molar-refractivity contribution < 1.29 is 14.3 Å². The monoisotopic (exact) mass is 381 g/mol. The number of rotatable bonds is 5.